The minimum absolute atomic E-state index is 0.0590. The molecule has 0 bridgehead atoms. The van der Waals surface area contributed by atoms with Crippen LogP contribution in [0.5, 0.6) is 0 Å². The molecule has 2 aromatic carbocycles. The second-order valence-electron chi connectivity index (χ2n) is 7.23. The van der Waals surface area contributed by atoms with Crippen LogP contribution in [0, 0.1) is 0 Å². The summed E-state index contributed by atoms with van der Waals surface area (Å²) < 4.78 is 11.0. The summed E-state index contributed by atoms with van der Waals surface area (Å²) in [5, 5.41) is 9.29. The number of hydrogen-bond donors (Lipinski definition) is 1. The summed E-state index contributed by atoms with van der Waals surface area (Å²) in [6.45, 7) is 1.18. The van der Waals surface area contributed by atoms with Crippen LogP contribution in [0.3, 0.4) is 0 Å². The van der Waals surface area contributed by atoms with Crippen LogP contribution in [0.15, 0.2) is 59.3 Å². The van der Waals surface area contributed by atoms with Crippen LogP contribution in [0.25, 0.3) is 11.1 Å². The number of aliphatic hydroxyl groups is 1. The molecule has 0 atom stereocenters. The number of fused-ring (bicyclic) bond motifs is 3. The molecular formula is C22H20N2O4. The van der Waals surface area contributed by atoms with E-state index in [1.165, 1.54) is 28.6 Å². The number of hydrogen-bond acceptors (Lipinski definition) is 5. The van der Waals surface area contributed by atoms with Gasteiger partial charge in [0, 0.05) is 19.0 Å². The molecule has 6 heteroatoms. The Kier molecular flexibility index (Phi) is 4.13. The zero-order valence-corrected chi connectivity index (χ0v) is 15.2. The van der Waals surface area contributed by atoms with Gasteiger partial charge in [0.15, 0.2) is 6.39 Å². The van der Waals surface area contributed by atoms with Gasteiger partial charge >= 0.3 is 6.09 Å². The van der Waals surface area contributed by atoms with Crippen molar-refractivity contribution < 1.29 is 19.1 Å². The highest BCUT2D eigenvalue weighted by Crippen LogP contribution is 2.44. The average Bonchev–Trinajstić information content (AvgIpc) is 3.28. The Morgan fingerprint density at radius 1 is 1.11 bits per heavy atom. The molecule has 0 saturated carbocycles. The zero-order chi connectivity index (χ0) is 19.1. The number of amides is 1. The molecule has 1 aromatic heterocycles. The molecule has 0 spiro atoms. The minimum atomic E-state index is -0.317. The van der Waals surface area contributed by atoms with Crippen LogP contribution in [0.2, 0.25) is 0 Å². The van der Waals surface area contributed by atoms with Crippen LogP contribution < -0.4 is 0 Å². The van der Waals surface area contributed by atoms with Gasteiger partial charge in [0.25, 0.3) is 0 Å². The fourth-order valence-electron chi connectivity index (χ4n) is 4.21. The number of ether oxygens (including phenoxy) is 1. The summed E-state index contributed by atoms with van der Waals surface area (Å²) in [4.78, 5) is 18.1. The molecule has 1 saturated heterocycles. The van der Waals surface area contributed by atoms with Crippen LogP contribution >= 0.6 is 0 Å². The molecule has 1 amide bonds. The van der Waals surface area contributed by atoms with Gasteiger partial charge in [0.1, 0.15) is 18.1 Å². The lowest BCUT2D eigenvalue weighted by Gasteiger charge is -2.37. The number of rotatable bonds is 4. The summed E-state index contributed by atoms with van der Waals surface area (Å²) in [5.74, 6) is 0.777. The van der Waals surface area contributed by atoms with Crippen molar-refractivity contribution in [3.8, 4) is 11.1 Å². The van der Waals surface area contributed by atoms with Gasteiger partial charge in [-0.1, -0.05) is 48.5 Å². The van der Waals surface area contributed by atoms with E-state index in [0.29, 0.717) is 31.2 Å². The molecule has 2 aliphatic rings. The number of aliphatic hydroxyl groups excluding tert-OH is 1. The van der Waals surface area contributed by atoms with Gasteiger partial charge in [-0.25, -0.2) is 9.78 Å². The Morgan fingerprint density at radius 2 is 1.75 bits per heavy atom. The second-order valence-corrected chi connectivity index (χ2v) is 7.23. The van der Waals surface area contributed by atoms with Crippen molar-refractivity contribution in [3.05, 3.63) is 77.5 Å². The van der Waals surface area contributed by atoms with Crippen LogP contribution in [-0.4, -0.2) is 40.8 Å². The topological polar surface area (TPSA) is 75.8 Å². The van der Waals surface area contributed by atoms with Gasteiger partial charge in [-0.05, 0) is 22.3 Å². The van der Waals surface area contributed by atoms with E-state index in [1.807, 2.05) is 24.3 Å². The lowest BCUT2D eigenvalue weighted by molar-refractivity contribution is 0.0653. The Labute approximate surface area is 162 Å². The van der Waals surface area contributed by atoms with Crippen LogP contribution in [0.4, 0.5) is 4.79 Å². The summed E-state index contributed by atoms with van der Waals surface area (Å²) >= 11 is 0. The first-order valence-electron chi connectivity index (χ1n) is 9.39. The highest BCUT2D eigenvalue weighted by atomic mass is 16.6. The first-order chi connectivity index (χ1) is 13.8. The third-order valence-electron chi connectivity index (χ3n) is 5.67. The van der Waals surface area contributed by atoms with Crippen molar-refractivity contribution in [2.75, 3.05) is 19.7 Å². The summed E-state index contributed by atoms with van der Waals surface area (Å²) in [6, 6.07) is 16.6. The summed E-state index contributed by atoms with van der Waals surface area (Å²) in [6.07, 6.45) is 1.01. The van der Waals surface area contributed by atoms with Crippen molar-refractivity contribution in [1.82, 2.24) is 9.88 Å². The molecule has 1 aliphatic carbocycles. The molecule has 1 aliphatic heterocycles. The Bertz CT molecular complexity index is 977. The zero-order valence-electron chi connectivity index (χ0n) is 15.2. The standard InChI is InChI=1S/C22H20N2O4/c25-11-20-21(28-13-23-20)14-9-24(10-14)22(26)27-12-19-17-7-3-1-5-15(17)16-6-2-4-8-18(16)19/h1-8,13-14,19,25H,9-12H2. The van der Waals surface area contributed by atoms with E-state index < -0.39 is 0 Å². The number of nitrogens with zero attached hydrogens (tertiary/aromatic N) is 2. The molecule has 0 radical (unpaired) electrons. The molecule has 5 rings (SSSR count). The molecule has 1 fully saturated rings. The third kappa shape index (κ3) is 2.68. The number of likely N-dealkylation sites (tertiary alicyclic amines) is 1. The average molecular weight is 376 g/mol. The predicted octanol–water partition coefficient (Wildman–Crippen LogP) is 3.52. The van der Waals surface area contributed by atoms with Gasteiger partial charge in [0.2, 0.25) is 0 Å². The molecule has 6 nitrogen and oxygen atoms in total. The predicted molar refractivity (Wildman–Crippen MR) is 102 cm³/mol. The highest BCUT2D eigenvalue weighted by molar-refractivity contribution is 5.79. The van der Waals surface area contributed by atoms with E-state index in [9.17, 15) is 9.90 Å². The monoisotopic (exact) mass is 376 g/mol. The molecular weight excluding hydrogens is 356 g/mol. The lowest BCUT2D eigenvalue weighted by Crippen LogP contribution is -2.49. The number of benzene rings is 2. The van der Waals surface area contributed by atoms with E-state index >= 15 is 0 Å². The van der Waals surface area contributed by atoms with Gasteiger partial charge < -0.3 is 19.2 Å². The van der Waals surface area contributed by atoms with E-state index in [2.05, 4.69) is 29.2 Å². The molecule has 3 aromatic rings. The van der Waals surface area contributed by atoms with Crippen LogP contribution in [-0.2, 0) is 11.3 Å². The molecule has 0 unspecified atom stereocenters. The smallest absolute Gasteiger partial charge is 0.409 e. The summed E-state index contributed by atoms with van der Waals surface area (Å²) in [7, 11) is 0. The molecule has 142 valence electrons. The lowest BCUT2D eigenvalue weighted by atomic mass is 9.96. The van der Waals surface area contributed by atoms with Crippen molar-refractivity contribution in [2.45, 2.75) is 18.4 Å². The van der Waals surface area contributed by atoms with E-state index in [1.54, 1.807) is 4.90 Å². The maximum Gasteiger partial charge on any atom is 0.409 e. The van der Waals surface area contributed by atoms with E-state index in [-0.39, 0.29) is 24.5 Å². The summed E-state index contributed by atoms with van der Waals surface area (Å²) in [5.41, 5.74) is 5.37. The van der Waals surface area contributed by atoms with Crippen molar-refractivity contribution in [2.24, 2.45) is 0 Å². The van der Waals surface area contributed by atoms with E-state index in [4.69, 9.17) is 9.15 Å². The minimum Gasteiger partial charge on any atom is -0.448 e. The second kappa shape index (κ2) is 6.80. The fourth-order valence-corrected chi connectivity index (χ4v) is 4.21. The molecule has 2 heterocycles. The number of carbonyl (C=O) groups excluding carboxylic acids is 1. The van der Waals surface area contributed by atoms with Crippen molar-refractivity contribution in [1.29, 1.82) is 0 Å². The van der Waals surface area contributed by atoms with Gasteiger partial charge in [0.05, 0.1) is 12.5 Å². The van der Waals surface area contributed by atoms with Gasteiger partial charge in [-0.2, -0.15) is 0 Å². The SMILES string of the molecule is O=C(OCC1c2ccccc2-c2ccccc21)N1CC(c2ocnc2CO)C1. The molecule has 28 heavy (non-hydrogen) atoms. The number of aromatic nitrogens is 1. The number of carbonyl (C=O) groups is 1. The first-order valence-corrected chi connectivity index (χ1v) is 9.39. The Balaban J connectivity index is 1.25. The van der Waals surface area contributed by atoms with Crippen molar-refractivity contribution in [3.63, 3.8) is 0 Å². The van der Waals surface area contributed by atoms with Gasteiger partial charge in [-0.15, -0.1) is 0 Å². The first kappa shape index (κ1) is 17.0. The molecule has 1 N–H and O–H groups in total. The quantitative estimate of drug-likeness (QED) is 0.754. The van der Waals surface area contributed by atoms with Crippen molar-refractivity contribution >= 4 is 6.09 Å². The number of oxazole rings is 1. The fraction of sp³-hybridized carbons (Fsp3) is 0.273. The maximum atomic E-state index is 12.5. The normalized spacial score (nSPS) is 15.8. The highest BCUT2D eigenvalue weighted by Gasteiger charge is 2.37. The van der Waals surface area contributed by atoms with E-state index in [0.717, 1.165) is 0 Å². The third-order valence-corrected chi connectivity index (χ3v) is 5.67. The Morgan fingerprint density at radius 3 is 2.39 bits per heavy atom. The van der Waals surface area contributed by atoms with Gasteiger partial charge in [-0.3, -0.25) is 0 Å². The van der Waals surface area contributed by atoms with Crippen LogP contribution in [0.1, 0.15) is 34.4 Å². The maximum absolute atomic E-state index is 12.5. The Hall–Kier alpha value is -3.12. The largest absolute Gasteiger partial charge is 0.448 e.